The summed E-state index contributed by atoms with van der Waals surface area (Å²) in [4.78, 5) is 39.7. The average Bonchev–Trinajstić information content (AvgIpc) is 3.43. The Balaban J connectivity index is 0.00000228. The van der Waals surface area contributed by atoms with Gasteiger partial charge in [0.1, 0.15) is 11.9 Å². The van der Waals surface area contributed by atoms with E-state index in [-0.39, 0.29) is 56.9 Å². The van der Waals surface area contributed by atoms with E-state index in [4.69, 9.17) is 5.26 Å². The number of benzene rings is 1. The fourth-order valence-electron chi connectivity index (χ4n) is 4.84. The third-order valence-electron chi connectivity index (χ3n) is 6.60. The zero-order valence-corrected chi connectivity index (χ0v) is 21.1. The van der Waals surface area contributed by atoms with Crippen LogP contribution in [0.25, 0.3) is 0 Å². The number of carbonyl (C=O) groups excluding carboxylic acids is 3. The number of nitriles is 1. The summed E-state index contributed by atoms with van der Waals surface area (Å²) in [5, 5.41) is 21.4. The van der Waals surface area contributed by atoms with Crippen LogP contribution < -0.4 is 5.32 Å². The van der Waals surface area contributed by atoms with Crippen LogP contribution >= 0.6 is 27.0 Å². The number of H-pyrrole nitrogens is 1. The lowest BCUT2D eigenvalue weighted by molar-refractivity contribution is -0.154. The van der Waals surface area contributed by atoms with E-state index >= 15 is 0 Å². The Kier molecular flexibility index (Phi) is 8.85. The first-order chi connectivity index (χ1) is 16.0. The summed E-state index contributed by atoms with van der Waals surface area (Å²) < 4.78 is 40.9. The first-order valence-corrected chi connectivity index (χ1v) is 10.6. The smallest absolute Gasteiger partial charge is 0.290 e. The van der Waals surface area contributed by atoms with Crippen LogP contribution in [0.15, 0.2) is 24.4 Å². The second kappa shape index (κ2) is 10.9. The Morgan fingerprint density at radius 3 is 2.56 bits per heavy atom. The van der Waals surface area contributed by atoms with Crippen LogP contribution in [0.2, 0.25) is 0 Å². The van der Waals surface area contributed by atoms with E-state index in [1.807, 2.05) is 0 Å². The summed E-state index contributed by atoms with van der Waals surface area (Å²) in [5.74, 6) is -6.41. The Labute approximate surface area is 218 Å². The van der Waals surface area contributed by atoms with Gasteiger partial charge in [-0.2, -0.15) is 47.7 Å². The summed E-state index contributed by atoms with van der Waals surface area (Å²) in [6, 6.07) is 4.65. The van der Waals surface area contributed by atoms with Crippen LogP contribution in [0.1, 0.15) is 43.9 Å². The summed E-state index contributed by atoms with van der Waals surface area (Å²) in [7, 11) is 0. The lowest BCUT2D eigenvalue weighted by Crippen LogP contribution is -2.52. The molecule has 2 fully saturated rings. The minimum Gasteiger partial charge on any atom is -0.333 e. The van der Waals surface area contributed by atoms with Gasteiger partial charge in [-0.1, -0.05) is 0 Å². The molecule has 2 aromatic rings. The second-order valence-corrected chi connectivity index (χ2v) is 8.88. The van der Waals surface area contributed by atoms with Crippen molar-refractivity contribution in [2.45, 2.75) is 50.0 Å². The van der Waals surface area contributed by atoms with Gasteiger partial charge in [-0.3, -0.25) is 14.4 Å². The summed E-state index contributed by atoms with van der Waals surface area (Å²) in [6.07, 6.45) is -0.0760. The minimum atomic E-state index is -2.95. The number of carbonyl (C=O) groups is 3. The molecule has 1 aromatic heterocycles. The predicted molar refractivity (Wildman–Crippen MR) is 132 cm³/mol. The number of alkyl halides is 2. The first kappa shape index (κ1) is 29.2. The Morgan fingerprint density at radius 2 is 1.97 bits per heavy atom. The third kappa shape index (κ3) is 5.52. The topological polar surface area (TPSA) is 132 Å². The van der Waals surface area contributed by atoms with Crippen LogP contribution in [0.3, 0.4) is 0 Å². The molecular weight excluding hydrogens is 517 g/mol. The second-order valence-electron chi connectivity index (χ2n) is 8.88. The fraction of sp³-hybridized carbons (Fsp3) is 0.455. The third-order valence-corrected chi connectivity index (χ3v) is 6.60. The van der Waals surface area contributed by atoms with Gasteiger partial charge in [-0.15, -0.1) is 0 Å². The number of Topliss-reactive ketones (excluding diaryl/α,β-unsaturated/α-hetero) is 1. The lowest BCUT2D eigenvalue weighted by atomic mass is 9.61. The molecule has 14 heteroatoms. The zero-order chi connectivity index (χ0) is 24.7. The Bertz CT molecular complexity index is 1180. The molecule has 0 radical (unpaired) electrons. The van der Waals surface area contributed by atoms with Crippen molar-refractivity contribution in [2.24, 2.45) is 5.92 Å². The highest BCUT2D eigenvalue weighted by molar-refractivity contribution is 7.59. The van der Waals surface area contributed by atoms with Crippen LogP contribution in [0.4, 0.5) is 18.9 Å². The molecule has 1 saturated carbocycles. The minimum absolute atomic E-state index is 0. The highest BCUT2D eigenvalue weighted by atomic mass is 32.1. The lowest BCUT2D eigenvalue weighted by Gasteiger charge is -2.45. The van der Waals surface area contributed by atoms with Crippen LogP contribution in [0.5, 0.6) is 0 Å². The van der Waals surface area contributed by atoms with E-state index in [2.05, 4.69) is 20.7 Å². The molecule has 0 bridgehead atoms. The number of ketones is 1. The molecule has 0 unspecified atom stereocenters. The fourth-order valence-corrected chi connectivity index (χ4v) is 4.84. The standard InChI is InChI=1S/C22H21F3N6O3.2H2S/c1-12-15(19(33)28-14-2-3-16(23)13(6-14)8-26)4-5-31(12)20(34)17(32)7-21(10-22(24,25)11-21)18-9-27-30-29-18;;/h2-3,6,9,12,15H,4-5,7,10-11H2,1H3,(H,28,33)(H,27,29,30);2*1H2/t12-,15-;;/m0../s1. The van der Waals surface area contributed by atoms with Crippen molar-refractivity contribution in [3.8, 4) is 6.07 Å². The van der Waals surface area contributed by atoms with Gasteiger partial charge in [0.05, 0.1) is 23.4 Å². The predicted octanol–water partition coefficient (Wildman–Crippen LogP) is 2.54. The number of rotatable bonds is 6. The van der Waals surface area contributed by atoms with Gasteiger partial charge >= 0.3 is 0 Å². The molecule has 1 saturated heterocycles. The van der Waals surface area contributed by atoms with Crippen LogP contribution in [-0.2, 0) is 19.8 Å². The number of nitrogens with zero attached hydrogens (tertiary/aromatic N) is 4. The van der Waals surface area contributed by atoms with Gasteiger partial charge in [0.2, 0.25) is 17.6 Å². The molecule has 2 N–H and O–H groups in total. The van der Waals surface area contributed by atoms with Crippen LogP contribution in [0, 0.1) is 23.1 Å². The molecule has 36 heavy (non-hydrogen) atoms. The maximum atomic E-state index is 13.7. The monoisotopic (exact) mass is 542 g/mol. The van der Waals surface area contributed by atoms with Gasteiger partial charge < -0.3 is 10.2 Å². The molecule has 4 rings (SSSR count). The molecule has 194 valence electrons. The molecule has 2 amide bonds. The first-order valence-electron chi connectivity index (χ1n) is 10.6. The number of amides is 2. The van der Waals surface area contributed by atoms with Crippen molar-refractivity contribution in [1.29, 1.82) is 5.26 Å². The van der Waals surface area contributed by atoms with Crippen molar-refractivity contribution in [3.05, 3.63) is 41.5 Å². The molecule has 9 nitrogen and oxygen atoms in total. The number of aromatic amines is 1. The Hall–Kier alpha value is -3.05. The SMILES string of the molecule is C[C@H]1[C@@H](C(=O)Nc2ccc(F)c(C#N)c2)CCN1C(=O)C(=O)CC1(c2cn[nH]n2)CC(F)(F)C1.S.S. The van der Waals surface area contributed by atoms with E-state index < -0.39 is 66.0 Å². The Morgan fingerprint density at radius 1 is 1.28 bits per heavy atom. The van der Waals surface area contributed by atoms with Gasteiger partial charge in [0.15, 0.2) is 0 Å². The van der Waals surface area contributed by atoms with Gasteiger partial charge in [0, 0.05) is 43.0 Å². The van der Waals surface area contributed by atoms with Gasteiger partial charge in [0.25, 0.3) is 5.91 Å². The van der Waals surface area contributed by atoms with Crippen molar-refractivity contribution >= 4 is 50.3 Å². The van der Waals surface area contributed by atoms with E-state index in [0.29, 0.717) is 0 Å². The number of anilines is 1. The maximum Gasteiger partial charge on any atom is 0.290 e. The molecule has 1 aliphatic carbocycles. The van der Waals surface area contributed by atoms with Gasteiger partial charge in [-0.05, 0) is 31.5 Å². The van der Waals surface area contributed by atoms with Crippen LogP contribution in [-0.4, -0.2) is 56.4 Å². The summed E-state index contributed by atoms with van der Waals surface area (Å²) >= 11 is 0. The summed E-state index contributed by atoms with van der Waals surface area (Å²) in [5.41, 5.74) is -1.04. The molecule has 2 aliphatic rings. The molecule has 1 aromatic carbocycles. The van der Waals surface area contributed by atoms with Crippen molar-refractivity contribution in [2.75, 3.05) is 11.9 Å². The number of hydrogen-bond acceptors (Lipinski definition) is 6. The molecule has 2 atom stereocenters. The number of nitrogens with one attached hydrogen (secondary N) is 2. The highest BCUT2D eigenvalue weighted by Crippen LogP contribution is 2.54. The normalized spacial score (nSPS) is 21.2. The molecule has 1 aliphatic heterocycles. The average molecular weight is 543 g/mol. The zero-order valence-electron chi connectivity index (χ0n) is 19.1. The quantitative estimate of drug-likeness (QED) is 0.540. The largest absolute Gasteiger partial charge is 0.333 e. The summed E-state index contributed by atoms with van der Waals surface area (Å²) in [6.45, 7) is 1.77. The van der Waals surface area contributed by atoms with Crippen molar-refractivity contribution in [1.82, 2.24) is 20.3 Å². The molecule has 0 spiro atoms. The number of aromatic nitrogens is 3. The maximum absolute atomic E-state index is 13.7. The molecular formula is C22H25F3N6O3S2. The van der Waals surface area contributed by atoms with E-state index in [9.17, 15) is 27.6 Å². The van der Waals surface area contributed by atoms with Crippen molar-refractivity contribution < 1.29 is 27.6 Å². The molecule has 2 heterocycles. The van der Waals surface area contributed by atoms with Crippen molar-refractivity contribution in [3.63, 3.8) is 0 Å². The van der Waals surface area contributed by atoms with Gasteiger partial charge in [-0.25, -0.2) is 13.2 Å². The van der Waals surface area contributed by atoms with E-state index in [0.717, 1.165) is 6.07 Å². The highest BCUT2D eigenvalue weighted by Gasteiger charge is 2.60. The van der Waals surface area contributed by atoms with E-state index in [1.165, 1.54) is 23.2 Å². The number of halogens is 3. The number of hydrogen-bond donors (Lipinski definition) is 2. The van der Waals surface area contributed by atoms with E-state index in [1.54, 1.807) is 13.0 Å². The number of likely N-dealkylation sites (tertiary alicyclic amines) is 1.